The molecule has 90 valence electrons. The number of aliphatic hydroxyl groups excluding tert-OH is 1. The van der Waals surface area contributed by atoms with Crippen molar-refractivity contribution in [2.45, 2.75) is 13.0 Å². The van der Waals surface area contributed by atoms with Crippen LogP contribution >= 0.6 is 43.2 Å². The van der Waals surface area contributed by atoms with E-state index in [1.165, 1.54) is 23.5 Å². The summed E-state index contributed by atoms with van der Waals surface area (Å²) in [6.45, 7) is 1.80. The number of thiophene rings is 1. The van der Waals surface area contributed by atoms with E-state index in [-0.39, 0.29) is 5.82 Å². The van der Waals surface area contributed by atoms with Crippen LogP contribution in [0.3, 0.4) is 0 Å². The summed E-state index contributed by atoms with van der Waals surface area (Å²) < 4.78 is 15.0. The van der Waals surface area contributed by atoms with Gasteiger partial charge in [-0.2, -0.15) is 0 Å². The van der Waals surface area contributed by atoms with Crippen molar-refractivity contribution in [3.8, 4) is 0 Å². The first-order valence-electron chi connectivity index (χ1n) is 4.87. The summed E-state index contributed by atoms with van der Waals surface area (Å²) in [5.74, 6) is -0.329. The maximum absolute atomic E-state index is 13.3. The Labute approximate surface area is 120 Å². The summed E-state index contributed by atoms with van der Waals surface area (Å²) in [7, 11) is 0. The van der Waals surface area contributed by atoms with Gasteiger partial charge in [0.2, 0.25) is 0 Å². The molecule has 1 unspecified atom stereocenters. The fraction of sp³-hybridized carbons (Fsp3) is 0.167. The number of halogens is 3. The molecule has 1 heterocycles. The summed E-state index contributed by atoms with van der Waals surface area (Å²) >= 11 is 8.22. The zero-order valence-electron chi connectivity index (χ0n) is 8.88. The van der Waals surface area contributed by atoms with Gasteiger partial charge in [-0.05, 0) is 68.1 Å². The molecule has 1 aromatic carbocycles. The summed E-state index contributed by atoms with van der Waals surface area (Å²) in [6.07, 6.45) is -0.818. The first-order valence-corrected chi connectivity index (χ1v) is 7.27. The topological polar surface area (TPSA) is 20.2 Å². The molecule has 0 amide bonds. The molecule has 0 spiro atoms. The van der Waals surface area contributed by atoms with Crippen molar-refractivity contribution in [2.24, 2.45) is 0 Å². The molecular weight excluding hydrogens is 371 g/mol. The molecule has 5 heteroatoms. The Hall–Kier alpha value is -0.230. The number of hydrogen-bond acceptors (Lipinski definition) is 2. The van der Waals surface area contributed by atoms with Gasteiger partial charge in [-0.3, -0.25) is 0 Å². The molecule has 1 nitrogen and oxygen atoms in total. The van der Waals surface area contributed by atoms with Gasteiger partial charge < -0.3 is 5.11 Å². The van der Waals surface area contributed by atoms with Crippen LogP contribution in [0.1, 0.15) is 22.8 Å². The van der Waals surface area contributed by atoms with Gasteiger partial charge in [0.15, 0.2) is 0 Å². The van der Waals surface area contributed by atoms with Crippen molar-refractivity contribution >= 4 is 43.2 Å². The van der Waals surface area contributed by atoms with E-state index >= 15 is 0 Å². The molecule has 2 rings (SSSR count). The normalized spacial score (nSPS) is 12.8. The van der Waals surface area contributed by atoms with Crippen LogP contribution in [0.25, 0.3) is 0 Å². The smallest absolute Gasteiger partial charge is 0.123 e. The van der Waals surface area contributed by atoms with E-state index in [2.05, 4.69) is 31.9 Å². The molecule has 0 saturated carbocycles. The molecule has 0 aliphatic heterocycles. The van der Waals surface area contributed by atoms with Gasteiger partial charge in [-0.15, -0.1) is 11.3 Å². The standard InChI is InChI=1S/C12H9Br2FOS/c1-6-2-7(4-8(15)3-6)11(16)9-5-10(13)17-12(9)14/h2-5,11,16H,1H3. The highest BCUT2D eigenvalue weighted by molar-refractivity contribution is 9.12. The van der Waals surface area contributed by atoms with Crippen molar-refractivity contribution < 1.29 is 9.50 Å². The molecule has 0 fully saturated rings. The van der Waals surface area contributed by atoms with Crippen molar-refractivity contribution in [3.05, 3.63) is 54.3 Å². The molecular formula is C12H9Br2FOS. The number of aliphatic hydroxyl groups is 1. The second kappa shape index (κ2) is 5.18. The molecule has 0 aliphatic rings. The first kappa shape index (κ1) is 13.2. The van der Waals surface area contributed by atoms with Gasteiger partial charge in [-0.1, -0.05) is 6.07 Å². The Bertz CT molecular complexity index is 533. The molecule has 0 radical (unpaired) electrons. The largest absolute Gasteiger partial charge is 0.384 e. The third-order valence-corrected chi connectivity index (χ3v) is 4.74. The summed E-state index contributed by atoms with van der Waals surface area (Å²) in [4.78, 5) is 0. The molecule has 2 aromatic rings. The predicted molar refractivity (Wildman–Crippen MR) is 74.9 cm³/mol. The van der Waals surface area contributed by atoms with Crippen LogP contribution in [-0.4, -0.2) is 5.11 Å². The van der Waals surface area contributed by atoms with Gasteiger partial charge in [0.05, 0.1) is 7.57 Å². The molecule has 1 atom stereocenters. The quantitative estimate of drug-likeness (QED) is 0.794. The molecule has 1 aromatic heterocycles. The Morgan fingerprint density at radius 3 is 2.47 bits per heavy atom. The van der Waals surface area contributed by atoms with Gasteiger partial charge in [0, 0.05) is 5.56 Å². The summed E-state index contributed by atoms with van der Waals surface area (Å²) in [5.41, 5.74) is 2.10. The van der Waals surface area contributed by atoms with E-state index in [0.29, 0.717) is 5.56 Å². The second-order valence-electron chi connectivity index (χ2n) is 3.74. The third kappa shape index (κ3) is 2.96. The molecule has 0 bridgehead atoms. The van der Waals surface area contributed by atoms with Gasteiger partial charge in [0.1, 0.15) is 11.9 Å². The van der Waals surface area contributed by atoms with Crippen LogP contribution in [0.4, 0.5) is 4.39 Å². The van der Waals surface area contributed by atoms with E-state index in [4.69, 9.17) is 0 Å². The lowest BCUT2D eigenvalue weighted by Crippen LogP contribution is -2.00. The Kier molecular flexibility index (Phi) is 4.02. The molecule has 0 saturated heterocycles. The highest BCUT2D eigenvalue weighted by Gasteiger charge is 2.17. The molecule has 17 heavy (non-hydrogen) atoms. The van der Waals surface area contributed by atoms with E-state index in [1.54, 1.807) is 13.0 Å². The monoisotopic (exact) mass is 378 g/mol. The highest BCUT2D eigenvalue weighted by atomic mass is 79.9. The van der Waals surface area contributed by atoms with Crippen LogP contribution in [-0.2, 0) is 0 Å². The van der Waals surface area contributed by atoms with Gasteiger partial charge >= 0.3 is 0 Å². The van der Waals surface area contributed by atoms with Crippen LogP contribution in [0.5, 0.6) is 0 Å². The second-order valence-corrected chi connectivity index (χ2v) is 7.49. The van der Waals surface area contributed by atoms with Crippen molar-refractivity contribution in [2.75, 3.05) is 0 Å². The van der Waals surface area contributed by atoms with E-state index in [1.807, 2.05) is 6.07 Å². The lowest BCUT2D eigenvalue weighted by atomic mass is 10.0. The van der Waals surface area contributed by atoms with Crippen molar-refractivity contribution in [1.82, 2.24) is 0 Å². The SMILES string of the molecule is Cc1cc(F)cc(C(O)c2cc(Br)sc2Br)c1. The van der Waals surface area contributed by atoms with Gasteiger partial charge in [0.25, 0.3) is 0 Å². The minimum atomic E-state index is -0.818. The van der Waals surface area contributed by atoms with Crippen molar-refractivity contribution in [1.29, 1.82) is 0 Å². The molecule has 0 aliphatic carbocycles. The number of benzene rings is 1. The predicted octanol–water partition coefficient (Wildman–Crippen LogP) is 4.80. The van der Waals surface area contributed by atoms with Crippen molar-refractivity contribution in [3.63, 3.8) is 0 Å². The lowest BCUT2D eigenvalue weighted by molar-refractivity contribution is 0.219. The third-order valence-electron chi connectivity index (χ3n) is 2.36. The van der Waals surface area contributed by atoms with E-state index in [0.717, 1.165) is 18.7 Å². The number of rotatable bonds is 2. The zero-order valence-corrected chi connectivity index (χ0v) is 12.9. The highest BCUT2D eigenvalue weighted by Crippen LogP contribution is 2.38. The summed E-state index contributed by atoms with van der Waals surface area (Å²) in [6, 6.07) is 6.41. The lowest BCUT2D eigenvalue weighted by Gasteiger charge is -2.11. The maximum atomic E-state index is 13.3. The zero-order chi connectivity index (χ0) is 12.6. The first-order chi connectivity index (χ1) is 7.97. The maximum Gasteiger partial charge on any atom is 0.123 e. The fourth-order valence-electron chi connectivity index (χ4n) is 1.64. The molecule has 1 N–H and O–H groups in total. The minimum absolute atomic E-state index is 0.329. The van der Waals surface area contributed by atoms with Crippen LogP contribution in [0.15, 0.2) is 31.8 Å². The van der Waals surface area contributed by atoms with Crippen LogP contribution in [0.2, 0.25) is 0 Å². The van der Waals surface area contributed by atoms with Crippen LogP contribution in [0, 0.1) is 12.7 Å². The Morgan fingerprint density at radius 2 is 1.94 bits per heavy atom. The number of aryl methyl sites for hydroxylation is 1. The van der Waals surface area contributed by atoms with E-state index < -0.39 is 6.10 Å². The average molecular weight is 380 g/mol. The summed E-state index contributed by atoms with van der Waals surface area (Å²) in [5, 5.41) is 10.2. The fourth-order valence-corrected chi connectivity index (χ4v) is 4.53. The number of hydrogen-bond donors (Lipinski definition) is 1. The minimum Gasteiger partial charge on any atom is -0.384 e. The Balaban J connectivity index is 2.43. The average Bonchev–Trinajstić information content (AvgIpc) is 2.55. The Morgan fingerprint density at radius 1 is 1.24 bits per heavy atom. The van der Waals surface area contributed by atoms with E-state index in [9.17, 15) is 9.50 Å². The van der Waals surface area contributed by atoms with Crippen LogP contribution < -0.4 is 0 Å². The van der Waals surface area contributed by atoms with Gasteiger partial charge in [-0.25, -0.2) is 4.39 Å².